The van der Waals surface area contributed by atoms with Crippen molar-refractivity contribution in [1.82, 2.24) is 10.2 Å². The van der Waals surface area contributed by atoms with Crippen LogP contribution >= 0.6 is 24.8 Å². The second-order valence-electron chi connectivity index (χ2n) is 10.4. The van der Waals surface area contributed by atoms with Gasteiger partial charge in [0.25, 0.3) is 0 Å². The second-order valence-corrected chi connectivity index (χ2v) is 10.4. The molecule has 0 amide bonds. The highest BCUT2D eigenvalue weighted by Crippen LogP contribution is 2.42. The molecule has 0 aromatic heterocycles. The van der Waals surface area contributed by atoms with Gasteiger partial charge in [0, 0.05) is 30.1 Å². The van der Waals surface area contributed by atoms with Gasteiger partial charge < -0.3 is 10.1 Å². The van der Waals surface area contributed by atoms with E-state index >= 15 is 0 Å². The lowest BCUT2D eigenvalue weighted by atomic mass is 9.70. The molecule has 0 saturated carbocycles. The van der Waals surface area contributed by atoms with E-state index in [1.807, 2.05) is 7.11 Å². The van der Waals surface area contributed by atoms with Gasteiger partial charge in [0.05, 0.1) is 7.11 Å². The number of halogens is 2. The largest absolute Gasteiger partial charge is 0.496 e. The monoisotopic (exact) mass is 524 g/mol. The summed E-state index contributed by atoms with van der Waals surface area (Å²) in [5.41, 5.74) is 7.17. The van der Waals surface area contributed by atoms with Crippen LogP contribution in [0.5, 0.6) is 5.75 Å². The van der Waals surface area contributed by atoms with Gasteiger partial charge in [-0.1, -0.05) is 66.7 Å². The van der Waals surface area contributed by atoms with Gasteiger partial charge in [-0.25, -0.2) is 0 Å². The topological polar surface area (TPSA) is 24.5 Å². The van der Waals surface area contributed by atoms with Crippen molar-refractivity contribution in [1.29, 1.82) is 0 Å². The number of ether oxygens (including phenoxy) is 1. The molecule has 1 aliphatic carbocycles. The summed E-state index contributed by atoms with van der Waals surface area (Å²) < 4.78 is 5.83. The van der Waals surface area contributed by atoms with E-state index in [1.54, 1.807) is 0 Å². The molecule has 3 saturated heterocycles. The molecule has 3 aliphatic heterocycles. The van der Waals surface area contributed by atoms with Crippen molar-refractivity contribution in [2.45, 2.75) is 56.7 Å². The van der Waals surface area contributed by atoms with Gasteiger partial charge in [-0.05, 0) is 79.4 Å². The molecule has 3 nitrogen and oxygen atoms in total. The van der Waals surface area contributed by atoms with E-state index in [0.29, 0.717) is 18.0 Å². The number of hydrogen-bond donors (Lipinski definition) is 1. The highest BCUT2D eigenvalue weighted by molar-refractivity contribution is 5.85. The fourth-order valence-electron chi connectivity index (χ4n) is 6.90. The zero-order valence-electron chi connectivity index (χ0n) is 21.1. The highest BCUT2D eigenvalue weighted by atomic mass is 35.5. The van der Waals surface area contributed by atoms with E-state index in [-0.39, 0.29) is 24.8 Å². The molecule has 3 aromatic carbocycles. The Balaban J connectivity index is 0.00000152. The Bertz CT molecular complexity index is 1080. The van der Waals surface area contributed by atoms with Crippen molar-refractivity contribution < 1.29 is 4.74 Å². The van der Waals surface area contributed by atoms with Crippen LogP contribution in [0.15, 0.2) is 72.8 Å². The predicted octanol–water partition coefficient (Wildman–Crippen LogP) is 6.41. The summed E-state index contributed by atoms with van der Waals surface area (Å²) in [5.74, 6) is 2.14. The van der Waals surface area contributed by atoms with Crippen molar-refractivity contribution in [2.24, 2.45) is 5.92 Å². The number of methoxy groups -OCH3 is 1. The second kappa shape index (κ2) is 12.0. The molecule has 4 aliphatic rings. The van der Waals surface area contributed by atoms with Crippen LogP contribution in [0.3, 0.4) is 0 Å². The fraction of sp³-hybridized carbons (Fsp3) is 0.419. The van der Waals surface area contributed by atoms with Crippen molar-refractivity contribution >= 4 is 24.8 Å². The molecule has 3 aromatic rings. The van der Waals surface area contributed by atoms with E-state index in [0.717, 1.165) is 18.2 Å². The molecule has 192 valence electrons. The molecule has 36 heavy (non-hydrogen) atoms. The number of rotatable bonds is 7. The average Bonchev–Trinajstić information content (AvgIpc) is 3.37. The quantitative estimate of drug-likeness (QED) is 0.386. The Kier molecular flexibility index (Phi) is 9.00. The van der Waals surface area contributed by atoms with Crippen LogP contribution in [0.25, 0.3) is 0 Å². The number of nitrogens with one attached hydrogen (secondary N) is 1. The van der Waals surface area contributed by atoms with E-state index < -0.39 is 0 Å². The summed E-state index contributed by atoms with van der Waals surface area (Å²) in [6.45, 7) is 3.30. The zero-order valence-corrected chi connectivity index (χ0v) is 22.7. The smallest absolute Gasteiger partial charge is 0.123 e. The number of nitrogens with zero attached hydrogens (tertiary/aromatic N) is 1. The summed E-state index contributed by atoms with van der Waals surface area (Å²) in [6.07, 6.45) is 6.26. The molecule has 2 atom stereocenters. The minimum absolute atomic E-state index is 0. The first-order valence-corrected chi connectivity index (χ1v) is 13.1. The highest BCUT2D eigenvalue weighted by Gasteiger charge is 2.46. The molecule has 1 N–H and O–H groups in total. The first kappa shape index (κ1) is 27.0. The first-order chi connectivity index (χ1) is 16.8. The molecule has 7 rings (SSSR count). The Hall–Kier alpha value is -2.04. The average molecular weight is 526 g/mol. The summed E-state index contributed by atoms with van der Waals surface area (Å²) in [6, 6.07) is 28.0. The third-order valence-corrected chi connectivity index (χ3v) is 8.55. The van der Waals surface area contributed by atoms with Gasteiger partial charge >= 0.3 is 0 Å². The van der Waals surface area contributed by atoms with E-state index in [9.17, 15) is 0 Å². The van der Waals surface area contributed by atoms with Gasteiger partial charge in [0.2, 0.25) is 0 Å². The maximum Gasteiger partial charge on any atom is 0.123 e. The summed E-state index contributed by atoms with van der Waals surface area (Å²) >= 11 is 0. The number of fused-ring (bicyclic) bond motifs is 4. The molecule has 3 fully saturated rings. The van der Waals surface area contributed by atoms with Crippen LogP contribution in [-0.2, 0) is 19.4 Å². The normalized spacial score (nSPS) is 24.1. The summed E-state index contributed by atoms with van der Waals surface area (Å²) in [4.78, 5) is 2.77. The van der Waals surface area contributed by atoms with Crippen molar-refractivity contribution in [3.05, 3.63) is 101 Å². The van der Waals surface area contributed by atoms with Gasteiger partial charge in [-0.15, -0.1) is 24.8 Å². The van der Waals surface area contributed by atoms with Crippen molar-refractivity contribution in [2.75, 3.05) is 20.2 Å². The number of piperidine rings is 3. The molecule has 2 bridgehead atoms. The van der Waals surface area contributed by atoms with Gasteiger partial charge in [-0.3, -0.25) is 4.90 Å². The SMILES string of the molecule is COc1cc2c(cc1CN[C@H]1C3CCN(CC3)[C@H]1C(c1ccccc1)c1ccccc1)CCC2.Cl.Cl. The third-order valence-electron chi connectivity index (χ3n) is 8.55. The van der Waals surface area contributed by atoms with Gasteiger partial charge in [0.15, 0.2) is 0 Å². The van der Waals surface area contributed by atoms with Crippen LogP contribution in [-0.4, -0.2) is 37.2 Å². The number of hydrogen-bond acceptors (Lipinski definition) is 3. The van der Waals surface area contributed by atoms with Gasteiger partial charge in [-0.2, -0.15) is 0 Å². The summed E-state index contributed by atoms with van der Waals surface area (Å²) in [7, 11) is 1.82. The van der Waals surface area contributed by atoms with E-state index in [2.05, 4.69) is 83.0 Å². The molecular weight excluding hydrogens is 487 g/mol. The van der Waals surface area contributed by atoms with E-state index in [1.165, 1.54) is 73.0 Å². The lowest BCUT2D eigenvalue weighted by Crippen LogP contribution is -2.64. The Morgan fingerprint density at radius 3 is 2.03 bits per heavy atom. The maximum atomic E-state index is 5.83. The Morgan fingerprint density at radius 1 is 0.861 bits per heavy atom. The third kappa shape index (κ3) is 5.17. The molecule has 5 heteroatoms. The lowest BCUT2D eigenvalue weighted by molar-refractivity contribution is 0.00462. The van der Waals surface area contributed by atoms with Crippen molar-refractivity contribution in [3.63, 3.8) is 0 Å². The van der Waals surface area contributed by atoms with E-state index in [4.69, 9.17) is 4.74 Å². The molecule has 0 radical (unpaired) electrons. The van der Waals surface area contributed by atoms with Crippen LogP contribution in [0.1, 0.15) is 53.0 Å². The molecule has 3 heterocycles. The fourth-order valence-corrected chi connectivity index (χ4v) is 6.90. The standard InChI is InChI=1S/C31H36N2O.2ClH/c1-34-28-20-26-14-8-13-25(26)19-27(28)21-32-30-24-15-17-33(18-16-24)31(30)29(22-9-4-2-5-10-22)23-11-6-3-7-12-23;;/h2-7,9-12,19-20,24,29-32H,8,13-18,21H2,1H3;2*1H/t30-,31-;;/m0../s1. The summed E-state index contributed by atoms with van der Waals surface area (Å²) in [5, 5.41) is 4.08. The number of benzene rings is 3. The van der Waals surface area contributed by atoms with Crippen LogP contribution in [0.2, 0.25) is 0 Å². The van der Waals surface area contributed by atoms with Crippen LogP contribution in [0, 0.1) is 5.92 Å². The maximum absolute atomic E-state index is 5.83. The molecule has 0 spiro atoms. The lowest BCUT2D eigenvalue weighted by Gasteiger charge is -2.54. The predicted molar refractivity (Wildman–Crippen MR) is 153 cm³/mol. The van der Waals surface area contributed by atoms with Gasteiger partial charge in [0.1, 0.15) is 5.75 Å². The van der Waals surface area contributed by atoms with Crippen LogP contribution in [0.4, 0.5) is 0 Å². The Labute approximate surface area is 228 Å². The molecular formula is C31H38Cl2N2O. The number of aryl methyl sites for hydroxylation is 2. The first-order valence-electron chi connectivity index (χ1n) is 13.1. The Morgan fingerprint density at radius 2 is 1.44 bits per heavy atom. The van der Waals surface area contributed by atoms with Crippen molar-refractivity contribution in [3.8, 4) is 5.75 Å². The zero-order chi connectivity index (χ0) is 22.9. The van der Waals surface area contributed by atoms with Crippen LogP contribution < -0.4 is 10.1 Å². The minimum Gasteiger partial charge on any atom is -0.496 e. The molecule has 0 unspecified atom stereocenters. The minimum atomic E-state index is 0.